The van der Waals surface area contributed by atoms with E-state index in [4.69, 9.17) is 9.47 Å². The fraction of sp³-hybridized carbons (Fsp3) is 0.926. The van der Waals surface area contributed by atoms with Crippen molar-refractivity contribution in [2.45, 2.75) is 149 Å². The minimum absolute atomic E-state index is 0.0372. The van der Waals surface area contributed by atoms with Gasteiger partial charge in [0.05, 0.1) is 0 Å². The molecule has 0 aliphatic carbocycles. The van der Waals surface area contributed by atoms with Gasteiger partial charge in [-0.25, -0.2) is 0 Å². The number of rotatable bonds is 10. The molecule has 2 saturated heterocycles. The third kappa shape index (κ3) is 8.41. The molecule has 0 aromatic rings. The average molecular weight is 498 g/mol. The molecule has 2 fully saturated rings. The van der Waals surface area contributed by atoms with Gasteiger partial charge in [-0.05, 0) is 52.4 Å². The lowest BCUT2D eigenvalue weighted by Crippen LogP contribution is -2.57. The SMILES string of the molecule is CC(C)C1CC(OC(=O)CCCCCC(=O)OC2CC(C(C)C)N(O)C(C)(C)C2)CC(C)(C)N1[O]. The second-order valence-electron chi connectivity index (χ2n) is 12.6. The number of nitrogens with zero attached hydrogens (tertiary/aromatic N) is 2. The molecule has 0 spiro atoms. The summed E-state index contributed by atoms with van der Waals surface area (Å²) >= 11 is 0. The van der Waals surface area contributed by atoms with Crippen molar-refractivity contribution >= 4 is 11.9 Å². The molecule has 1 radical (unpaired) electrons. The van der Waals surface area contributed by atoms with Crippen LogP contribution in [0.3, 0.4) is 0 Å². The van der Waals surface area contributed by atoms with Gasteiger partial charge >= 0.3 is 11.9 Å². The van der Waals surface area contributed by atoms with Crippen molar-refractivity contribution in [2.75, 3.05) is 0 Å². The summed E-state index contributed by atoms with van der Waals surface area (Å²) in [5, 5.41) is 25.6. The largest absolute Gasteiger partial charge is 0.462 e. The summed E-state index contributed by atoms with van der Waals surface area (Å²) in [6, 6.07) is -0.182. The molecular formula is C27H49N2O6. The van der Waals surface area contributed by atoms with Crippen LogP contribution in [0.2, 0.25) is 0 Å². The van der Waals surface area contributed by atoms with Crippen molar-refractivity contribution in [3.05, 3.63) is 0 Å². The second-order valence-corrected chi connectivity index (χ2v) is 12.6. The number of piperidine rings is 2. The molecule has 0 amide bonds. The Hall–Kier alpha value is -1.22. The quantitative estimate of drug-likeness (QED) is 0.323. The van der Waals surface area contributed by atoms with Crippen molar-refractivity contribution < 1.29 is 29.5 Å². The zero-order valence-corrected chi connectivity index (χ0v) is 23.2. The number of hydrogen-bond acceptors (Lipinski definition) is 7. The van der Waals surface area contributed by atoms with Crippen LogP contribution in [-0.2, 0) is 24.3 Å². The summed E-state index contributed by atoms with van der Waals surface area (Å²) in [5.41, 5.74) is -0.982. The maximum Gasteiger partial charge on any atom is 0.306 e. The lowest BCUT2D eigenvalue weighted by atomic mass is 9.82. The van der Waals surface area contributed by atoms with Crippen molar-refractivity contribution in [3.8, 4) is 0 Å². The van der Waals surface area contributed by atoms with Crippen LogP contribution < -0.4 is 0 Å². The molecule has 0 saturated carbocycles. The number of hydroxylamine groups is 4. The molecule has 8 nitrogen and oxygen atoms in total. The first-order valence-corrected chi connectivity index (χ1v) is 13.5. The van der Waals surface area contributed by atoms with Gasteiger partial charge in [0.1, 0.15) is 12.2 Å². The minimum atomic E-state index is -0.545. The van der Waals surface area contributed by atoms with Gasteiger partial charge < -0.3 is 14.7 Å². The Kier molecular flexibility index (Phi) is 10.6. The van der Waals surface area contributed by atoms with E-state index in [1.807, 2.05) is 41.5 Å². The van der Waals surface area contributed by atoms with Crippen LogP contribution in [0.25, 0.3) is 0 Å². The van der Waals surface area contributed by atoms with Gasteiger partial charge in [-0.1, -0.05) is 34.1 Å². The zero-order chi connectivity index (χ0) is 26.6. The van der Waals surface area contributed by atoms with Crippen LogP contribution in [0.5, 0.6) is 0 Å². The Morgan fingerprint density at radius 3 is 1.69 bits per heavy atom. The van der Waals surface area contributed by atoms with Crippen molar-refractivity contribution in [2.24, 2.45) is 11.8 Å². The Bertz CT molecular complexity index is 650. The standard InChI is InChI=1S/C27H49N2O6/c1-18(2)22-14-20(16-26(5,6)28(22)32)34-24(30)12-10-9-11-13-25(31)35-21-15-23(19(3)4)29(33)27(7,8)17-21/h18-23,32H,9-17H2,1-8H3. The van der Waals surface area contributed by atoms with E-state index < -0.39 is 11.1 Å². The van der Waals surface area contributed by atoms with E-state index in [1.54, 1.807) is 0 Å². The molecule has 35 heavy (non-hydrogen) atoms. The first-order chi connectivity index (χ1) is 16.1. The van der Waals surface area contributed by atoms with E-state index in [0.717, 1.165) is 6.42 Å². The molecule has 4 unspecified atom stereocenters. The van der Waals surface area contributed by atoms with Crippen LogP contribution in [0.4, 0.5) is 0 Å². The third-order valence-corrected chi connectivity index (χ3v) is 7.69. The average Bonchev–Trinajstić information content (AvgIpc) is 2.71. The molecule has 2 aliphatic rings. The number of ether oxygens (including phenoxy) is 2. The van der Waals surface area contributed by atoms with Crippen LogP contribution in [0.1, 0.15) is 113 Å². The maximum absolute atomic E-state index is 12.6. The van der Waals surface area contributed by atoms with Gasteiger partial charge in [-0.2, -0.15) is 5.06 Å². The van der Waals surface area contributed by atoms with Gasteiger partial charge in [0.15, 0.2) is 0 Å². The normalized spacial score (nSPS) is 29.4. The van der Waals surface area contributed by atoms with Crippen LogP contribution in [-0.4, -0.2) is 62.6 Å². The molecule has 0 bridgehead atoms. The Labute approximate surface area is 212 Å². The predicted octanol–water partition coefficient (Wildman–Crippen LogP) is 5.29. The first kappa shape index (κ1) is 30.0. The van der Waals surface area contributed by atoms with Crippen LogP contribution in [0, 0.1) is 11.8 Å². The third-order valence-electron chi connectivity index (χ3n) is 7.69. The van der Waals surface area contributed by atoms with Gasteiger partial charge in [0.25, 0.3) is 0 Å². The summed E-state index contributed by atoms with van der Waals surface area (Å²) in [7, 11) is 0. The zero-order valence-electron chi connectivity index (χ0n) is 23.2. The van der Waals surface area contributed by atoms with E-state index in [-0.39, 0.29) is 48.1 Å². The number of esters is 2. The van der Waals surface area contributed by atoms with Gasteiger partial charge in [-0.15, -0.1) is 10.3 Å². The number of hydrogen-bond donors (Lipinski definition) is 1. The van der Waals surface area contributed by atoms with Crippen molar-refractivity contribution in [3.63, 3.8) is 0 Å². The lowest BCUT2D eigenvalue weighted by Gasteiger charge is -2.47. The van der Waals surface area contributed by atoms with E-state index in [2.05, 4.69) is 13.8 Å². The molecule has 2 heterocycles. The van der Waals surface area contributed by atoms with E-state index in [9.17, 15) is 20.0 Å². The highest BCUT2D eigenvalue weighted by molar-refractivity contribution is 5.70. The van der Waals surface area contributed by atoms with Crippen molar-refractivity contribution in [1.29, 1.82) is 0 Å². The highest BCUT2D eigenvalue weighted by Gasteiger charge is 2.44. The fourth-order valence-electron chi connectivity index (χ4n) is 5.58. The second kappa shape index (κ2) is 12.3. The number of carbonyl (C=O) groups is 2. The Balaban J connectivity index is 1.68. The Morgan fingerprint density at radius 2 is 1.23 bits per heavy atom. The predicted molar refractivity (Wildman–Crippen MR) is 133 cm³/mol. The smallest absolute Gasteiger partial charge is 0.306 e. The summed E-state index contributed by atoms with van der Waals surface area (Å²) in [4.78, 5) is 24.8. The molecule has 0 aromatic carbocycles. The topological polar surface area (TPSA) is 99.2 Å². The van der Waals surface area contributed by atoms with Crippen LogP contribution >= 0.6 is 0 Å². The number of unbranched alkanes of at least 4 members (excludes halogenated alkanes) is 2. The molecular weight excluding hydrogens is 448 g/mol. The molecule has 1 N–H and O–H groups in total. The van der Waals surface area contributed by atoms with E-state index in [0.29, 0.717) is 51.4 Å². The molecule has 2 aliphatic heterocycles. The summed E-state index contributed by atoms with van der Waals surface area (Å²) in [5.74, 6) is 0.0174. The summed E-state index contributed by atoms with van der Waals surface area (Å²) in [6.45, 7) is 15.9. The minimum Gasteiger partial charge on any atom is -0.462 e. The fourth-order valence-corrected chi connectivity index (χ4v) is 5.58. The van der Waals surface area contributed by atoms with Gasteiger partial charge in [-0.3, -0.25) is 9.59 Å². The Morgan fingerprint density at radius 1 is 0.800 bits per heavy atom. The number of carbonyl (C=O) groups excluding carboxylic acids is 2. The monoisotopic (exact) mass is 497 g/mol. The van der Waals surface area contributed by atoms with Crippen LogP contribution in [0.15, 0.2) is 0 Å². The highest BCUT2D eigenvalue weighted by Crippen LogP contribution is 2.36. The van der Waals surface area contributed by atoms with E-state index in [1.165, 1.54) is 10.1 Å². The van der Waals surface area contributed by atoms with E-state index >= 15 is 0 Å². The maximum atomic E-state index is 12.6. The molecule has 0 aromatic heterocycles. The summed E-state index contributed by atoms with van der Waals surface area (Å²) in [6.07, 6.45) is 4.65. The first-order valence-electron chi connectivity index (χ1n) is 13.5. The van der Waals surface area contributed by atoms with Gasteiger partial charge in [0.2, 0.25) is 0 Å². The molecule has 8 heteroatoms. The van der Waals surface area contributed by atoms with Crippen molar-refractivity contribution in [1.82, 2.24) is 10.1 Å². The van der Waals surface area contributed by atoms with Gasteiger partial charge in [0, 0.05) is 61.7 Å². The molecule has 2 rings (SSSR count). The highest BCUT2D eigenvalue weighted by atomic mass is 16.6. The molecule has 4 atom stereocenters. The lowest BCUT2D eigenvalue weighted by molar-refractivity contribution is -0.280. The summed E-state index contributed by atoms with van der Waals surface area (Å²) < 4.78 is 11.5. The molecule has 203 valence electrons.